The first-order valence-corrected chi connectivity index (χ1v) is 7.01. The molecular weight excluding hydrogens is 309 g/mol. The molecule has 0 heterocycles. The van der Waals surface area contributed by atoms with Crippen molar-refractivity contribution in [3.8, 4) is 5.75 Å². The first kappa shape index (κ1) is 16.4. The topological polar surface area (TPSA) is 38.3 Å². The molecule has 1 aromatic carbocycles. The molecule has 6 heteroatoms. The molecule has 0 saturated heterocycles. The Labute approximate surface area is 128 Å². The van der Waals surface area contributed by atoms with Gasteiger partial charge in [-0.15, -0.1) is 0 Å². The molecule has 1 unspecified atom stereocenters. The smallest absolute Gasteiger partial charge is 0.258 e. The highest BCUT2D eigenvalue weighted by molar-refractivity contribution is 6.43. The van der Waals surface area contributed by atoms with Crippen LogP contribution in [0.3, 0.4) is 0 Å². The van der Waals surface area contributed by atoms with Crippen molar-refractivity contribution in [2.45, 2.75) is 26.8 Å². The molecule has 0 aliphatic heterocycles. The maximum Gasteiger partial charge on any atom is 0.258 e. The van der Waals surface area contributed by atoms with Gasteiger partial charge in [-0.25, -0.2) is 0 Å². The van der Waals surface area contributed by atoms with Crippen molar-refractivity contribution >= 4 is 40.7 Å². The van der Waals surface area contributed by atoms with Crippen molar-refractivity contribution < 1.29 is 9.53 Å². The molecule has 1 rings (SSSR count). The van der Waals surface area contributed by atoms with Crippen LogP contribution in [0.5, 0.6) is 5.75 Å². The van der Waals surface area contributed by atoms with Gasteiger partial charge in [-0.05, 0) is 18.9 Å². The predicted octanol–water partition coefficient (Wildman–Crippen LogP) is 4.19. The van der Waals surface area contributed by atoms with E-state index in [0.717, 1.165) is 0 Å². The summed E-state index contributed by atoms with van der Waals surface area (Å²) >= 11 is 17.6. The zero-order valence-corrected chi connectivity index (χ0v) is 13.2. The number of carbonyl (C=O) groups excluding carboxylic acids is 1. The molecule has 1 N–H and O–H groups in total. The van der Waals surface area contributed by atoms with Crippen molar-refractivity contribution in [1.29, 1.82) is 0 Å². The number of rotatable bonds is 5. The summed E-state index contributed by atoms with van der Waals surface area (Å²) in [5, 5.41) is 3.82. The predicted molar refractivity (Wildman–Crippen MR) is 79.4 cm³/mol. The molecule has 0 saturated carbocycles. The molecule has 1 atom stereocenters. The van der Waals surface area contributed by atoms with Crippen LogP contribution in [0.1, 0.15) is 20.8 Å². The third-order valence-corrected chi connectivity index (χ3v) is 3.74. The summed E-state index contributed by atoms with van der Waals surface area (Å²) < 4.78 is 5.33. The Balaban J connectivity index is 2.58. The highest BCUT2D eigenvalue weighted by Gasteiger charge is 2.13. The van der Waals surface area contributed by atoms with Gasteiger partial charge in [0.25, 0.3) is 5.91 Å². The first-order chi connectivity index (χ1) is 8.81. The minimum Gasteiger partial charge on any atom is -0.482 e. The number of halogens is 3. The quantitative estimate of drug-likeness (QED) is 0.825. The van der Waals surface area contributed by atoms with Crippen LogP contribution in [0.15, 0.2) is 12.1 Å². The SMILES string of the molecule is CC(C)C(C)NC(=O)COc1cc(Cl)c(Cl)cc1Cl. The molecule has 0 bridgehead atoms. The third kappa shape index (κ3) is 5.09. The fourth-order valence-corrected chi connectivity index (χ4v) is 1.81. The van der Waals surface area contributed by atoms with E-state index < -0.39 is 0 Å². The average molecular weight is 325 g/mol. The molecule has 1 amide bonds. The van der Waals surface area contributed by atoms with Crippen LogP contribution in [-0.2, 0) is 4.79 Å². The van der Waals surface area contributed by atoms with Gasteiger partial charge in [0.2, 0.25) is 0 Å². The van der Waals surface area contributed by atoms with Crippen molar-refractivity contribution in [1.82, 2.24) is 5.32 Å². The Morgan fingerprint density at radius 2 is 1.74 bits per heavy atom. The summed E-state index contributed by atoms with van der Waals surface area (Å²) in [6.07, 6.45) is 0. The zero-order valence-electron chi connectivity index (χ0n) is 11.0. The van der Waals surface area contributed by atoms with E-state index >= 15 is 0 Å². The van der Waals surface area contributed by atoms with Crippen molar-refractivity contribution in [2.24, 2.45) is 5.92 Å². The molecule has 0 aliphatic carbocycles. The second-order valence-electron chi connectivity index (χ2n) is 4.59. The molecule has 0 spiro atoms. The average Bonchev–Trinajstić information content (AvgIpc) is 2.32. The van der Waals surface area contributed by atoms with Crippen LogP contribution in [0.2, 0.25) is 15.1 Å². The number of hydrogen-bond acceptors (Lipinski definition) is 2. The maximum absolute atomic E-state index is 11.7. The van der Waals surface area contributed by atoms with Gasteiger partial charge in [0, 0.05) is 12.1 Å². The van der Waals surface area contributed by atoms with Gasteiger partial charge in [-0.1, -0.05) is 48.7 Å². The van der Waals surface area contributed by atoms with Gasteiger partial charge in [0.05, 0.1) is 15.1 Å². The molecule has 3 nitrogen and oxygen atoms in total. The molecule has 0 aromatic heterocycles. The Bertz CT molecular complexity index is 463. The van der Waals surface area contributed by atoms with Gasteiger partial charge in [-0.3, -0.25) is 4.79 Å². The molecule has 0 aliphatic rings. The van der Waals surface area contributed by atoms with E-state index in [9.17, 15) is 4.79 Å². The van der Waals surface area contributed by atoms with Crippen LogP contribution in [0.25, 0.3) is 0 Å². The molecular formula is C13H16Cl3NO2. The number of benzene rings is 1. The Hall–Kier alpha value is -0.640. The van der Waals surface area contributed by atoms with E-state index in [-0.39, 0.29) is 18.6 Å². The molecule has 106 valence electrons. The second-order valence-corrected chi connectivity index (χ2v) is 5.81. The lowest BCUT2D eigenvalue weighted by molar-refractivity contribution is -0.123. The number of carbonyl (C=O) groups is 1. The van der Waals surface area contributed by atoms with Crippen LogP contribution < -0.4 is 10.1 Å². The lowest BCUT2D eigenvalue weighted by atomic mass is 10.1. The van der Waals surface area contributed by atoms with E-state index in [2.05, 4.69) is 5.32 Å². The number of amides is 1. The molecule has 19 heavy (non-hydrogen) atoms. The monoisotopic (exact) mass is 323 g/mol. The minimum atomic E-state index is -0.205. The minimum absolute atomic E-state index is 0.0837. The summed E-state index contributed by atoms with van der Waals surface area (Å²) in [5.74, 6) is 0.490. The Morgan fingerprint density at radius 1 is 1.16 bits per heavy atom. The van der Waals surface area contributed by atoms with E-state index in [1.165, 1.54) is 12.1 Å². The third-order valence-electron chi connectivity index (χ3n) is 2.72. The van der Waals surface area contributed by atoms with Crippen molar-refractivity contribution in [3.63, 3.8) is 0 Å². The number of ether oxygens (including phenoxy) is 1. The van der Waals surface area contributed by atoms with E-state index in [4.69, 9.17) is 39.5 Å². The lowest BCUT2D eigenvalue weighted by Gasteiger charge is -2.17. The summed E-state index contributed by atoms with van der Waals surface area (Å²) in [6, 6.07) is 3.06. The van der Waals surface area contributed by atoms with Gasteiger partial charge < -0.3 is 10.1 Å². The summed E-state index contributed by atoms with van der Waals surface area (Å²) in [4.78, 5) is 11.7. The lowest BCUT2D eigenvalue weighted by Crippen LogP contribution is -2.38. The summed E-state index contributed by atoms with van der Waals surface area (Å²) in [7, 11) is 0. The zero-order chi connectivity index (χ0) is 14.6. The maximum atomic E-state index is 11.7. The normalized spacial score (nSPS) is 12.4. The van der Waals surface area contributed by atoms with Gasteiger partial charge >= 0.3 is 0 Å². The number of nitrogens with one attached hydrogen (secondary N) is 1. The standard InChI is InChI=1S/C13H16Cl3NO2/c1-7(2)8(3)17-13(18)6-19-12-5-10(15)9(14)4-11(12)16/h4-5,7-8H,6H2,1-3H3,(H,17,18). The molecule has 0 radical (unpaired) electrons. The Kier molecular flexibility index (Phi) is 6.24. The van der Waals surface area contributed by atoms with Crippen molar-refractivity contribution in [2.75, 3.05) is 6.61 Å². The fraction of sp³-hybridized carbons (Fsp3) is 0.462. The largest absolute Gasteiger partial charge is 0.482 e. The van der Waals surface area contributed by atoms with Gasteiger partial charge in [0.1, 0.15) is 5.75 Å². The summed E-state index contributed by atoms with van der Waals surface area (Å²) in [5.41, 5.74) is 0. The van der Waals surface area contributed by atoms with Crippen LogP contribution in [0, 0.1) is 5.92 Å². The number of hydrogen-bond donors (Lipinski definition) is 1. The highest BCUT2D eigenvalue weighted by atomic mass is 35.5. The fourth-order valence-electron chi connectivity index (χ4n) is 1.22. The summed E-state index contributed by atoms with van der Waals surface area (Å²) in [6.45, 7) is 5.88. The highest BCUT2D eigenvalue weighted by Crippen LogP contribution is 2.33. The molecule has 0 fully saturated rings. The van der Waals surface area contributed by atoms with Gasteiger partial charge in [-0.2, -0.15) is 0 Å². The second kappa shape index (κ2) is 7.22. The van der Waals surface area contributed by atoms with Crippen LogP contribution in [-0.4, -0.2) is 18.6 Å². The Morgan fingerprint density at radius 3 is 2.32 bits per heavy atom. The molecule has 1 aromatic rings. The first-order valence-electron chi connectivity index (χ1n) is 5.88. The van der Waals surface area contributed by atoms with Gasteiger partial charge in [0.15, 0.2) is 6.61 Å². The van der Waals surface area contributed by atoms with E-state index in [1.807, 2.05) is 20.8 Å². The van der Waals surface area contributed by atoms with E-state index in [0.29, 0.717) is 26.7 Å². The van der Waals surface area contributed by atoms with Crippen molar-refractivity contribution in [3.05, 3.63) is 27.2 Å². The van der Waals surface area contributed by atoms with Crippen LogP contribution >= 0.6 is 34.8 Å². The van der Waals surface area contributed by atoms with Crippen LogP contribution in [0.4, 0.5) is 0 Å². The van der Waals surface area contributed by atoms with E-state index in [1.54, 1.807) is 0 Å².